The number of hydrogen-bond donors (Lipinski definition) is 1. The van der Waals surface area contributed by atoms with E-state index >= 15 is 0 Å². The third kappa shape index (κ3) is 2.48. The van der Waals surface area contributed by atoms with Crippen LogP contribution in [0.3, 0.4) is 0 Å². The van der Waals surface area contributed by atoms with Gasteiger partial charge in [0, 0.05) is 12.3 Å². The van der Waals surface area contributed by atoms with Gasteiger partial charge in [-0.25, -0.2) is 4.98 Å². The van der Waals surface area contributed by atoms with Crippen molar-refractivity contribution in [3.8, 4) is 0 Å². The summed E-state index contributed by atoms with van der Waals surface area (Å²) in [5.74, 6) is -0.445. The molecule has 0 fully saturated rings. The van der Waals surface area contributed by atoms with Gasteiger partial charge in [-0.3, -0.25) is 14.9 Å². The topological polar surface area (TPSA) is 59.1 Å². The van der Waals surface area contributed by atoms with Crippen molar-refractivity contribution in [2.75, 3.05) is 5.32 Å². The molecule has 1 amide bonds. The first-order valence-electron chi connectivity index (χ1n) is 3.53. The van der Waals surface area contributed by atoms with Gasteiger partial charge in [-0.2, -0.15) is 0 Å². The number of nitrogens with zero attached hydrogens (tertiary/aromatic N) is 1. The van der Waals surface area contributed by atoms with Gasteiger partial charge < -0.3 is 0 Å². The minimum Gasteiger partial charge on any atom is -0.298 e. The second-order valence-corrected chi connectivity index (χ2v) is 3.15. The average molecular weight is 196 g/mol. The van der Waals surface area contributed by atoms with Crippen LogP contribution < -0.4 is 5.32 Å². The van der Waals surface area contributed by atoms with Gasteiger partial charge >= 0.3 is 0 Å². The first-order valence-corrected chi connectivity index (χ1v) is 4.41. The molecule has 0 bridgehead atoms. The Balaban J connectivity index is 2.74. The molecular formula is C8H8N2O2S. The quantitative estimate of drug-likeness (QED) is 0.588. The van der Waals surface area contributed by atoms with Crippen molar-refractivity contribution in [3.05, 3.63) is 23.7 Å². The van der Waals surface area contributed by atoms with Crippen molar-refractivity contribution < 1.29 is 9.59 Å². The highest BCUT2D eigenvalue weighted by Crippen LogP contribution is 2.15. The largest absolute Gasteiger partial charge is 0.298 e. The van der Waals surface area contributed by atoms with E-state index in [1.807, 2.05) is 0 Å². The van der Waals surface area contributed by atoms with Crippen LogP contribution in [0.5, 0.6) is 0 Å². The zero-order chi connectivity index (χ0) is 9.84. The van der Waals surface area contributed by atoms with Gasteiger partial charge in [0.2, 0.25) is 5.91 Å². The second-order valence-electron chi connectivity index (χ2n) is 2.29. The molecule has 5 heteroatoms. The molecule has 1 N–H and O–H groups in total. The van der Waals surface area contributed by atoms with Gasteiger partial charge in [-0.1, -0.05) is 6.58 Å². The highest BCUT2D eigenvalue weighted by molar-refractivity contribution is 7.14. The van der Waals surface area contributed by atoms with Crippen molar-refractivity contribution in [1.82, 2.24) is 4.98 Å². The molecule has 0 spiro atoms. The molecule has 0 unspecified atom stereocenters. The third-order valence-corrected chi connectivity index (χ3v) is 2.04. The highest BCUT2D eigenvalue weighted by atomic mass is 32.1. The minimum absolute atomic E-state index is 0.115. The van der Waals surface area contributed by atoms with Gasteiger partial charge in [-0.15, -0.1) is 11.3 Å². The van der Waals surface area contributed by atoms with Crippen molar-refractivity contribution in [3.63, 3.8) is 0 Å². The Morgan fingerprint density at radius 2 is 2.38 bits per heavy atom. The van der Waals surface area contributed by atoms with Gasteiger partial charge in [0.1, 0.15) is 5.69 Å². The number of hydrogen-bond acceptors (Lipinski definition) is 4. The Labute approximate surface area is 79.3 Å². The molecule has 13 heavy (non-hydrogen) atoms. The van der Waals surface area contributed by atoms with Gasteiger partial charge in [0.25, 0.3) is 0 Å². The maximum atomic E-state index is 10.8. The first kappa shape index (κ1) is 9.60. The van der Waals surface area contributed by atoms with Crippen molar-refractivity contribution in [2.24, 2.45) is 0 Å². The fourth-order valence-corrected chi connectivity index (χ4v) is 1.40. The molecule has 68 valence electrons. The van der Waals surface area contributed by atoms with Crippen LogP contribution in [-0.4, -0.2) is 16.7 Å². The summed E-state index contributed by atoms with van der Waals surface area (Å²) < 4.78 is 0. The third-order valence-electron chi connectivity index (χ3n) is 1.28. The fourth-order valence-electron chi connectivity index (χ4n) is 0.649. The van der Waals surface area contributed by atoms with Gasteiger partial charge in [-0.05, 0) is 6.08 Å². The fraction of sp³-hybridized carbons (Fsp3) is 0.125. The van der Waals surface area contributed by atoms with Crippen LogP contribution in [0, 0.1) is 0 Å². The number of aromatic nitrogens is 1. The second kappa shape index (κ2) is 3.95. The summed E-state index contributed by atoms with van der Waals surface area (Å²) in [6.45, 7) is 4.72. The Morgan fingerprint density at radius 1 is 1.69 bits per heavy atom. The normalized spacial score (nSPS) is 9.31. The number of rotatable bonds is 3. The van der Waals surface area contributed by atoms with Crippen molar-refractivity contribution in [2.45, 2.75) is 6.92 Å². The van der Waals surface area contributed by atoms with Crippen LogP contribution >= 0.6 is 11.3 Å². The van der Waals surface area contributed by atoms with E-state index in [4.69, 9.17) is 0 Å². The van der Waals surface area contributed by atoms with E-state index in [2.05, 4.69) is 16.9 Å². The standard InChI is InChI=1S/C8H8N2O2S/c1-3-7(12)10-8-9-6(4-13-8)5(2)11/h3-4H,1H2,2H3,(H,9,10,12). The molecular weight excluding hydrogens is 188 g/mol. The number of carbonyl (C=O) groups is 2. The molecule has 0 aliphatic rings. The van der Waals surface area contributed by atoms with Crippen LogP contribution in [0.1, 0.15) is 17.4 Å². The van der Waals surface area contributed by atoms with E-state index in [1.54, 1.807) is 5.38 Å². The molecule has 0 aliphatic heterocycles. The van der Waals surface area contributed by atoms with E-state index in [0.29, 0.717) is 10.8 Å². The number of anilines is 1. The SMILES string of the molecule is C=CC(=O)Nc1nc(C(C)=O)cs1. The predicted molar refractivity (Wildman–Crippen MR) is 50.9 cm³/mol. The van der Waals surface area contributed by atoms with Crippen LogP contribution in [0.15, 0.2) is 18.0 Å². The number of ketones is 1. The van der Waals surface area contributed by atoms with Gasteiger partial charge in [0.05, 0.1) is 0 Å². The lowest BCUT2D eigenvalue weighted by Crippen LogP contribution is -2.07. The molecule has 0 radical (unpaired) electrons. The van der Waals surface area contributed by atoms with E-state index in [1.165, 1.54) is 18.3 Å². The molecule has 0 aromatic carbocycles. The lowest BCUT2D eigenvalue weighted by Gasteiger charge is -1.93. The molecule has 1 rings (SSSR count). The Morgan fingerprint density at radius 3 is 2.85 bits per heavy atom. The van der Waals surface area contributed by atoms with Crippen LogP contribution in [0.2, 0.25) is 0 Å². The van der Waals surface area contributed by atoms with Crippen LogP contribution in [-0.2, 0) is 4.79 Å². The van der Waals surface area contributed by atoms with Crippen molar-refractivity contribution >= 4 is 28.2 Å². The summed E-state index contributed by atoms with van der Waals surface area (Å²) in [6, 6.07) is 0. The Bertz CT molecular complexity index is 357. The monoisotopic (exact) mass is 196 g/mol. The molecule has 0 saturated heterocycles. The molecule has 4 nitrogen and oxygen atoms in total. The maximum absolute atomic E-state index is 10.8. The van der Waals surface area contributed by atoms with Crippen LogP contribution in [0.25, 0.3) is 0 Å². The zero-order valence-electron chi connectivity index (χ0n) is 7.03. The van der Waals surface area contributed by atoms with E-state index < -0.39 is 0 Å². The maximum Gasteiger partial charge on any atom is 0.249 e. The Hall–Kier alpha value is -1.49. The van der Waals surface area contributed by atoms with Crippen LogP contribution in [0.4, 0.5) is 5.13 Å². The number of nitrogens with one attached hydrogen (secondary N) is 1. The van der Waals surface area contributed by atoms with Crippen molar-refractivity contribution in [1.29, 1.82) is 0 Å². The van der Waals surface area contributed by atoms with Gasteiger partial charge in [0.15, 0.2) is 10.9 Å². The molecule has 0 saturated carbocycles. The zero-order valence-corrected chi connectivity index (χ0v) is 7.85. The smallest absolute Gasteiger partial charge is 0.249 e. The molecule has 1 aromatic rings. The summed E-state index contributed by atoms with van der Waals surface area (Å²) in [5.41, 5.74) is 0.365. The van der Waals surface area contributed by atoms with E-state index in [-0.39, 0.29) is 11.7 Å². The van der Waals surface area contributed by atoms with E-state index in [0.717, 1.165) is 6.08 Å². The molecule has 0 atom stereocenters. The summed E-state index contributed by atoms with van der Waals surface area (Å²) >= 11 is 1.21. The summed E-state index contributed by atoms with van der Waals surface area (Å²) in [6.07, 6.45) is 1.15. The Kier molecular flexibility index (Phi) is 2.92. The predicted octanol–water partition coefficient (Wildman–Crippen LogP) is 1.47. The average Bonchev–Trinajstić information content (AvgIpc) is 2.52. The molecule has 0 aliphatic carbocycles. The highest BCUT2D eigenvalue weighted by Gasteiger charge is 2.06. The van der Waals surface area contributed by atoms with E-state index in [9.17, 15) is 9.59 Å². The summed E-state index contributed by atoms with van der Waals surface area (Å²) in [5, 5.41) is 4.48. The number of amides is 1. The lowest BCUT2D eigenvalue weighted by molar-refractivity contribution is -0.111. The minimum atomic E-state index is -0.329. The number of thiazole rings is 1. The summed E-state index contributed by atoms with van der Waals surface area (Å²) in [4.78, 5) is 25.5. The lowest BCUT2D eigenvalue weighted by atomic mass is 10.4. The number of carbonyl (C=O) groups excluding carboxylic acids is 2. The molecule has 1 heterocycles. The molecule has 1 aromatic heterocycles. The first-order chi connectivity index (χ1) is 6.13. The number of Topliss-reactive ketones (excluding diaryl/α,β-unsaturated/α-hetero) is 1. The summed E-state index contributed by atoms with van der Waals surface area (Å²) in [7, 11) is 0.